The monoisotopic (exact) mass is 727 g/mol. The second kappa shape index (κ2) is 15.8. The van der Waals surface area contributed by atoms with E-state index >= 15 is 0 Å². The third-order valence-corrected chi connectivity index (χ3v) is 10.2. The number of hydrogen-bond donors (Lipinski definition) is 3. The summed E-state index contributed by atoms with van der Waals surface area (Å²) in [6.07, 6.45) is 12.7. The Balaban J connectivity index is 0.887. The van der Waals surface area contributed by atoms with Crippen LogP contribution in [-0.4, -0.2) is 61.8 Å². The number of fused-ring (bicyclic) bond motifs is 2. The van der Waals surface area contributed by atoms with Crippen LogP contribution in [-0.2, 0) is 25.3 Å². The van der Waals surface area contributed by atoms with Gasteiger partial charge in [0, 0.05) is 68.5 Å². The van der Waals surface area contributed by atoms with Gasteiger partial charge in [-0.15, -0.1) is 0 Å². The highest BCUT2D eigenvalue weighted by atomic mass is 16.5. The van der Waals surface area contributed by atoms with Crippen molar-refractivity contribution in [2.24, 2.45) is 14.1 Å². The number of rotatable bonds is 11. The Hall–Kier alpha value is -6.17. The number of nitrogens with zero attached hydrogens (tertiary/aromatic N) is 4. The van der Waals surface area contributed by atoms with Crippen LogP contribution in [0.5, 0.6) is 5.75 Å². The Bertz CT molecular complexity index is 2190. The van der Waals surface area contributed by atoms with E-state index in [2.05, 4.69) is 25.8 Å². The molecule has 0 unspecified atom stereocenters. The number of piperidine rings is 1. The summed E-state index contributed by atoms with van der Waals surface area (Å²) in [5.41, 5.74) is 7.13. The first-order valence-electron chi connectivity index (χ1n) is 18.5. The van der Waals surface area contributed by atoms with Gasteiger partial charge in [0.15, 0.2) is 0 Å². The highest BCUT2D eigenvalue weighted by Gasteiger charge is 2.32. The van der Waals surface area contributed by atoms with Crippen LogP contribution in [0.25, 0.3) is 11.1 Å². The molecule has 0 aliphatic carbocycles. The van der Waals surface area contributed by atoms with Crippen molar-refractivity contribution in [3.8, 4) is 16.9 Å². The zero-order valence-corrected chi connectivity index (χ0v) is 30.9. The van der Waals surface area contributed by atoms with Crippen molar-refractivity contribution >= 4 is 40.7 Å². The van der Waals surface area contributed by atoms with Gasteiger partial charge in [0.25, 0.3) is 17.7 Å². The maximum atomic E-state index is 13.3. The lowest BCUT2D eigenvalue weighted by Gasteiger charge is -2.34. The number of ether oxygens (including phenoxy) is 1. The minimum absolute atomic E-state index is 0.138. The first kappa shape index (κ1) is 36.2. The highest BCUT2D eigenvalue weighted by Crippen LogP contribution is 2.32. The normalized spacial score (nSPS) is 15.1. The van der Waals surface area contributed by atoms with Gasteiger partial charge in [0.05, 0.1) is 24.2 Å². The van der Waals surface area contributed by atoms with E-state index in [1.54, 1.807) is 65.1 Å². The molecule has 12 heteroatoms. The number of aromatic nitrogens is 3. The molecule has 0 spiro atoms. The summed E-state index contributed by atoms with van der Waals surface area (Å²) in [4.78, 5) is 58.2. The summed E-state index contributed by atoms with van der Waals surface area (Å²) in [7, 11) is 3.56. The Morgan fingerprint density at radius 2 is 1.59 bits per heavy atom. The molecule has 3 N–H and O–H groups in total. The summed E-state index contributed by atoms with van der Waals surface area (Å²) >= 11 is 0. The van der Waals surface area contributed by atoms with E-state index in [-0.39, 0.29) is 30.0 Å². The summed E-state index contributed by atoms with van der Waals surface area (Å²) in [6, 6.07) is 18.7. The first-order valence-corrected chi connectivity index (χ1v) is 18.5. The van der Waals surface area contributed by atoms with Gasteiger partial charge in [-0.25, -0.2) is 0 Å². The molecule has 5 aromatic rings. The van der Waals surface area contributed by atoms with Crippen molar-refractivity contribution < 1.29 is 23.9 Å². The van der Waals surface area contributed by atoms with Crippen LogP contribution in [0, 0.1) is 6.92 Å². The van der Waals surface area contributed by atoms with Crippen molar-refractivity contribution in [1.29, 1.82) is 0 Å². The quantitative estimate of drug-likeness (QED) is 0.126. The zero-order valence-electron chi connectivity index (χ0n) is 30.9. The third kappa shape index (κ3) is 8.07. The number of carbonyl (C=O) groups excluding carboxylic acids is 4. The molecule has 1 atom stereocenters. The average Bonchev–Trinajstić information content (AvgIpc) is 3.71. The van der Waals surface area contributed by atoms with Crippen LogP contribution in [0.3, 0.4) is 0 Å². The van der Waals surface area contributed by atoms with Gasteiger partial charge in [0.1, 0.15) is 17.1 Å². The van der Waals surface area contributed by atoms with E-state index < -0.39 is 0 Å². The van der Waals surface area contributed by atoms with E-state index in [9.17, 15) is 19.2 Å². The minimum Gasteiger partial charge on any atom is -0.493 e. The Morgan fingerprint density at radius 3 is 2.37 bits per heavy atom. The molecule has 0 bridgehead atoms. The Kier molecular flexibility index (Phi) is 10.6. The van der Waals surface area contributed by atoms with Crippen LogP contribution in [0.15, 0.2) is 85.5 Å². The number of nitrogens with one attached hydrogen (secondary N) is 3. The maximum absolute atomic E-state index is 13.3. The fourth-order valence-corrected chi connectivity index (χ4v) is 7.35. The van der Waals surface area contributed by atoms with E-state index in [0.717, 1.165) is 65.8 Å². The molecular weight excluding hydrogens is 683 g/mol. The van der Waals surface area contributed by atoms with Crippen LogP contribution < -0.4 is 20.7 Å². The standard InChI is InChI=1S/C42H45N7O5/c1-27-20-35-29(13-16-34-9-4-5-18-49(34)42(35)53)22-38(27)54-19-7-10-39(50)44-33-23-37(48(3)26-33)41(52)45-31-14-11-28(12-15-31)30-21-36(47(2)25-30)40(51)46-32-8-6-17-43-24-32/h6,8,11-12,14-15,17,20-26,34H,4-5,7,9-10,13,16,18-19H2,1-3H3,(H,44,50)(H,45,52)(H,46,51)/t34-/m0/s1. The van der Waals surface area contributed by atoms with E-state index in [1.165, 1.54) is 6.42 Å². The minimum atomic E-state index is -0.318. The molecule has 1 saturated heterocycles. The molecule has 3 aromatic heterocycles. The number of aryl methyl sites for hydroxylation is 4. The predicted molar refractivity (Wildman–Crippen MR) is 208 cm³/mol. The molecular formula is C42H45N7O5. The second-order valence-corrected chi connectivity index (χ2v) is 14.1. The van der Waals surface area contributed by atoms with Crippen LogP contribution >= 0.6 is 0 Å². The lowest BCUT2D eigenvalue weighted by molar-refractivity contribution is -0.116. The molecule has 1 fully saturated rings. The molecule has 2 aliphatic rings. The van der Waals surface area contributed by atoms with Gasteiger partial charge >= 0.3 is 0 Å². The fourth-order valence-electron chi connectivity index (χ4n) is 7.35. The Morgan fingerprint density at radius 1 is 0.833 bits per heavy atom. The van der Waals surface area contributed by atoms with Gasteiger partial charge in [-0.2, -0.15) is 0 Å². The van der Waals surface area contributed by atoms with Crippen molar-refractivity contribution in [1.82, 2.24) is 19.0 Å². The third-order valence-electron chi connectivity index (χ3n) is 10.2. The van der Waals surface area contributed by atoms with Gasteiger partial charge in [-0.05, 0) is 111 Å². The van der Waals surface area contributed by atoms with Gasteiger partial charge in [0.2, 0.25) is 5.91 Å². The number of pyridine rings is 1. The molecule has 12 nitrogen and oxygen atoms in total. The van der Waals surface area contributed by atoms with Crippen LogP contribution in [0.2, 0.25) is 0 Å². The molecule has 278 valence electrons. The van der Waals surface area contributed by atoms with E-state index in [4.69, 9.17) is 4.74 Å². The van der Waals surface area contributed by atoms with Gasteiger partial charge < -0.3 is 34.7 Å². The molecule has 7 rings (SSSR count). The van der Waals surface area contributed by atoms with E-state index in [0.29, 0.717) is 47.5 Å². The average molecular weight is 728 g/mol. The summed E-state index contributed by atoms with van der Waals surface area (Å²) in [5, 5.41) is 8.66. The lowest BCUT2D eigenvalue weighted by atomic mass is 9.97. The van der Waals surface area contributed by atoms with Gasteiger partial charge in [-0.3, -0.25) is 24.2 Å². The smallest absolute Gasteiger partial charge is 0.272 e. The number of carbonyl (C=O) groups is 4. The van der Waals surface area contributed by atoms with Gasteiger partial charge in [-0.1, -0.05) is 12.1 Å². The van der Waals surface area contributed by atoms with Crippen molar-refractivity contribution in [2.75, 3.05) is 29.1 Å². The molecule has 54 heavy (non-hydrogen) atoms. The van der Waals surface area contributed by atoms with Crippen molar-refractivity contribution in [3.05, 3.63) is 114 Å². The number of anilines is 3. The molecule has 0 saturated carbocycles. The number of amides is 4. The topological polar surface area (TPSA) is 140 Å². The van der Waals surface area contributed by atoms with Crippen LogP contribution in [0.4, 0.5) is 17.1 Å². The largest absolute Gasteiger partial charge is 0.493 e. The molecule has 0 radical (unpaired) electrons. The molecule has 5 heterocycles. The first-order chi connectivity index (χ1) is 26.1. The lowest BCUT2D eigenvalue weighted by Crippen LogP contribution is -2.42. The molecule has 4 amide bonds. The summed E-state index contributed by atoms with van der Waals surface area (Å²) in [5.74, 6) is 0.160. The molecule has 2 aliphatic heterocycles. The summed E-state index contributed by atoms with van der Waals surface area (Å²) in [6.45, 7) is 3.16. The molecule has 2 aromatic carbocycles. The maximum Gasteiger partial charge on any atom is 0.272 e. The van der Waals surface area contributed by atoms with Crippen LogP contribution in [0.1, 0.15) is 81.0 Å². The zero-order chi connectivity index (χ0) is 37.8. The van der Waals surface area contributed by atoms with Crippen molar-refractivity contribution in [3.63, 3.8) is 0 Å². The van der Waals surface area contributed by atoms with E-state index in [1.807, 2.05) is 50.5 Å². The SMILES string of the molecule is Cc1cc2c(cc1OCCCC(=O)Nc1cc(C(=O)Nc3ccc(-c4cc(C(=O)Nc5cccnc5)n(C)c4)cc3)n(C)c1)CC[C@@H]1CCCCN1C2=O. The number of benzene rings is 2. The highest BCUT2D eigenvalue weighted by molar-refractivity contribution is 6.05. The summed E-state index contributed by atoms with van der Waals surface area (Å²) < 4.78 is 9.53. The van der Waals surface area contributed by atoms with Crippen molar-refractivity contribution in [2.45, 2.75) is 57.9 Å². The predicted octanol–water partition coefficient (Wildman–Crippen LogP) is 6.98. The Labute approximate surface area is 314 Å². The number of hydrogen-bond acceptors (Lipinski definition) is 6. The fraction of sp³-hybridized carbons (Fsp3) is 0.310. The second-order valence-electron chi connectivity index (χ2n) is 14.1.